The molecular weight excluding hydrogens is 239 g/mol. The predicted octanol–water partition coefficient (Wildman–Crippen LogP) is 2.19. The highest BCUT2D eigenvalue weighted by molar-refractivity contribution is 6.47. The third kappa shape index (κ3) is 2.39. The Bertz CT molecular complexity index is 506. The van der Waals surface area contributed by atoms with Gasteiger partial charge in [0.1, 0.15) is 0 Å². The van der Waals surface area contributed by atoms with Gasteiger partial charge in [0.2, 0.25) is 0 Å². The molecule has 0 aliphatic carbocycles. The zero-order valence-corrected chi connectivity index (χ0v) is 11.8. The third-order valence-corrected chi connectivity index (χ3v) is 4.01. The number of hydrogen-bond donors (Lipinski definition) is 1. The number of benzene rings is 1. The second-order valence-electron chi connectivity index (χ2n) is 5.85. The molecule has 1 aliphatic rings. The summed E-state index contributed by atoms with van der Waals surface area (Å²) in [5.74, 6) is -0.475. The average Bonchev–Trinajstić information content (AvgIpc) is 2.57. The van der Waals surface area contributed by atoms with Gasteiger partial charge in [-0.2, -0.15) is 5.26 Å². The van der Waals surface area contributed by atoms with Gasteiger partial charge in [-0.3, -0.25) is 0 Å². The van der Waals surface area contributed by atoms with E-state index >= 15 is 0 Å². The maximum absolute atomic E-state index is 9.13. The van der Waals surface area contributed by atoms with Gasteiger partial charge in [0, 0.05) is 0 Å². The summed E-state index contributed by atoms with van der Waals surface area (Å²) in [5.41, 5.74) is 6.69. The summed E-state index contributed by atoms with van der Waals surface area (Å²) in [5, 5.41) is 9.13. The van der Waals surface area contributed by atoms with Crippen molar-refractivity contribution >= 4 is 7.12 Å². The first kappa shape index (κ1) is 14.1. The molecule has 1 fully saturated rings. The van der Waals surface area contributed by atoms with Crippen LogP contribution >= 0.6 is 0 Å². The Labute approximate surface area is 114 Å². The standard InChI is InChI=1S/C14H19BN2O2/c1-13(2)14(3,4)19-15(18-13)12(17)11-8-6-5-7-10(11)9-16/h5-8,12H,17H2,1-4H3/t12-/m0/s1. The fraction of sp³-hybridized carbons (Fsp3) is 0.500. The first-order valence-electron chi connectivity index (χ1n) is 6.39. The van der Waals surface area contributed by atoms with Crippen LogP contribution in [0.15, 0.2) is 24.3 Å². The lowest BCUT2D eigenvalue weighted by Crippen LogP contribution is -2.41. The molecule has 19 heavy (non-hydrogen) atoms. The van der Waals surface area contributed by atoms with Crippen molar-refractivity contribution in [3.8, 4) is 6.07 Å². The summed E-state index contributed by atoms with van der Waals surface area (Å²) in [6.45, 7) is 7.93. The Balaban J connectivity index is 2.28. The average molecular weight is 258 g/mol. The molecule has 4 nitrogen and oxygen atoms in total. The molecule has 1 aliphatic heterocycles. The molecule has 0 bridgehead atoms. The van der Waals surface area contributed by atoms with Gasteiger partial charge in [-0.15, -0.1) is 0 Å². The fourth-order valence-electron chi connectivity index (χ4n) is 2.07. The van der Waals surface area contributed by atoms with Gasteiger partial charge in [-0.25, -0.2) is 0 Å². The molecule has 0 amide bonds. The van der Waals surface area contributed by atoms with E-state index in [2.05, 4.69) is 6.07 Å². The van der Waals surface area contributed by atoms with Gasteiger partial charge in [0.15, 0.2) is 0 Å². The van der Waals surface area contributed by atoms with Gasteiger partial charge >= 0.3 is 7.12 Å². The van der Waals surface area contributed by atoms with E-state index in [1.165, 1.54) is 0 Å². The highest BCUT2D eigenvalue weighted by atomic mass is 16.7. The second kappa shape index (κ2) is 4.64. The van der Waals surface area contributed by atoms with Crippen molar-refractivity contribution in [1.82, 2.24) is 0 Å². The molecule has 1 aromatic carbocycles. The first-order valence-corrected chi connectivity index (χ1v) is 6.39. The Kier molecular flexibility index (Phi) is 3.44. The molecule has 0 unspecified atom stereocenters. The van der Waals surface area contributed by atoms with Gasteiger partial charge in [0.05, 0.1) is 28.8 Å². The highest BCUT2D eigenvalue weighted by Gasteiger charge is 2.53. The first-order chi connectivity index (χ1) is 8.78. The van der Waals surface area contributed by atoms with Gasteiger partial charge < -0.3 is 15.0 Å². The molecule has 1 saturated heterocycles. The Morgan fingerprint density at radius 2 is 1.68 bits per heavy atom. The van der Waals surface area contributed by atoms with Crippen molar-refractivity contribution in [2.75, 3.05) is 0 Å². The minimum atomic E-state index is -0.542. The maximum atomic E-state index is 9.13. The van der Waals surface area contributed by atoms with E-state index in [0.29, 0.717) is 5.56 Å². The highest BCUT2D eigenvalue weighted by Crippen LogP contribution is 2.39. The summed E-state index contributed by atoms with van der Waals surface area (Å²) in [4.78, 5) is 0. The zero-order valence-electron chi connectivity index (χ0n) is 11.8. The molecule has 0 saturated carbocycles. The van der Waals surface area contributed by atoms with E-state index in [1.807, 2.05) is 45.9 Å². The van der Waals surface area contributed by atoms with Crippen LogP contribution in [0.25, 0.3) is 0 Å². The molecule has 2 N–H and O–H groups in total. The maximum Gasteiger partial charge on any atom is 0.480 e. The van der Waals surface area contributed by atoms with E-state index < -0.39 is 24.3 Å². The molecule has 0 spiro atoms. The second-order valence-corrected chi connectivity index (χ2v) is 5.85. The number of nitriles is 1. The predicted molar refractivity (Wildman–Crippen MR) is 74.2 cm³/mol. The van der Waals surface area contributed by atoms with E-state index in [9.17, 15) is 0 Å². The Morgan fingerprint density at radius 3 is 2.21 bits per heavy atom. The van der Waals surface area contributed by atoms with Crippen molar-refractivity contribution in [3.05, 3.63) is 35.4 Å². The minimum absolute atomic E-state index is 0.420. The number of rotatable bonds is 2. The SMILES string of the molecule is CC1(C)OB([C@@H](N)c2ccccc2C#N)OC1(C)C. The van der Waals surface area contributed by atoms with Crippen LogP contribution in [0.3, 0.4) is 0 Å². The third-order valence-electron chi connectivity index (χ3n) is 4.01. The van der Waals surface area contributed by atoms with Gasteiger partial charge in [-0.05, 0) is 39.3 Å². The smallest absolute Gasteiger partial charge is 0.402 e. The quantitative estimate of drug-likeness (QED) is 0.825. The molecule has 1 atom stereocenters. The lowest BCUT2D eigenvalue weighted by molar-refractivity contribution is 0.00578. The molecule has 5 heteroatoms. The minimum Gasteiger partial charge on any atom is -0.402 e. The van der Waals surface area contributed by atoms with Crippen molar-refractivity contribution < 1.29 is 9.31 Å². The summed E-state index contributed by atoms with van der Waals surface area (Å²) in [7, 11) is -0.542. The van der Waals surface area contributed by atoms with Gasteiger partial charge in [0.25, 0.3) is 0 Å². The van der Waals surface area contributed by atoms with Crippen molar-refractivity contribution in [1.29, 1.82) is 5.26 Å². The monoisotopic (exact) mass is 258 g/mol. The van der Waals surface area contributed by atoms with Crippen LogP contribution in [-0.4, -0.2) is 18.3 Å². The lowest BCUT2D eigenvalue weighted by Gasteiger charge is -2.32. The molecule has 0 radical (unpaired) electrons. The molecule has 0 aromatic heterocycles. The Morgan fingerprint density at radius 1 is 1.16 bits per heavy atom. The van der Waals surface area contributed by atoms with Crippen LogP contribution in [0.5, 0.6) is 0 Å². The van der Waals surface area contributed by atoms with Crippen molar-refractivity contribution in [2.45, 2.75) is 44.8 Å². The molecule has 2 rings (SSSR count). The topological polar surface area (TPSA) is 68.3 Å². The van der Waals surface area contributed by atoms with E-state index in [4.69, 9.17) is 20.3 Å². The van der Waals surface area contributed by atoms with Crippen LogP contribution in [0.4, 0.5) is 0 Å². The summed E-state index contributed by atoms with van der Waals surface area (Å²) >= 11 is 0. The zero-order chi connectivity index (χ0) is 14.3. The van der Waals surface area contributed by atoms with E-state index in [-0.39, 0.29) is 0 Å². The fourth-order valence-corrected chi connectivity index (χ4v) is 2.07. The van der Waals surface area contributed by atoms with Crippen LogP contribution in [0.2, 0.25) is 0 Å². The number of hydrogen-bond acceptors (Lipinski definition) is 4. The van der Waals surface area contributed by atoms with Crippen LogP contribution in [0, 0.1) is 11.3 Å². The van der Waals surface area contributed by atoms with Crippen molar-refractivity contribution in [3.63, 3.8) is 0 Å². The largest absolute Gasteiger partial charge is 0.480 e. The lowest BCUT2D eigenvalue weighted by atomic mass is 9.73. The van der Waals surface area contributed by atoms with Crippen LogP contribution in [-0.2, 0) is 9.31 Å². The summed E-state index contributed by atoms with van der Waals surface area (Å²) in [6, 6.07) is 9.42. The molecule has 100 valence electrons. The van der Waals surface area contributed by atoms with Crippen LogP contribution in [0.1, 0.15) is 44.8 Å². The van der Waals surface area contributed by atoms with Crippen molar-refractivity contribution in [2.24, 2.45) is 5.73 Å². The summed E-state index contributed by atoms with van der Waals surface area (Å²) < 4.78 is 11.8. The van der Waals surface area contributed by atoms with E-state index in [0.717, 1.165) is 5.56 Å². The molecule has 1 heterocycles. The molecular formula is C14H19BN2O2. The number of nitrogens with two attached hydrogens (primary N) is 1. The molecule has 1 aromatic rings. The normalized spacial score (nSPS) is 22.0. The Hall–Kier alpha value is -1.35. The van der Waals surface area contributed by atoms with Crippen LogP contribution < -0.4 is 5.73 Å². The summed E-state index contributed by atoms with van der Waals surface area (Å²) in [6.07, 6.45) is 0. The van der Waals surface area contributed by atoms with E-state index in [1.54, 1.807) is 6.07 Å². The number of nitrogens with zero attached hydrogens (tertiary/aromatic N) is 1. The van der Waals surface area contributed by atoms with Gasteiger partial charge in [-0.1, -0.05) is 18.2 Å².